The van der Waals surface area contributed by atoms with Crippen LogP contribution in [0, 0.1) is 0 Å². The van der Waals surface area contributed by atoms with E-state index in [2.05, 4.69) is 5.10 Å². The van der Waals surface area contributed by atoms with Crippen molar-refractivity contribution in [3.63, 3.8) is 0 Å². The predicted molar refractivity (Wildman–Crippen MR) is 61.5 cm³/mol. The van der Waals surface area contributed by atoms with Crippen LogP contribution in [-0.4, -0.2) is 30.8 Å². The first-order chi connectivity index (χ1) is 7.15. The molecule has 0 saturated carbocycles. The molecule has 0 aromatic heterocycles. The molecule has 1 aromatic rings. The highest BCUT2D eigenvalue weighted by atomic mass is 16.1. The topological polar surface area (TPSA) is 32.7 Å². The predicted octanol–water partition coefficient (Wildman–Crippen LogP) is 1.73. The molecule has 0 aliphatic rings. The minimum atomic E-state index is 0.509. The molecule has 0 spiro atoms. The fourth-order valence-corrected chi connectivity index (χ4v) is 1.19. The standard InChI is InChI=1S/C12H14N2O/c1-10(9-15)12(13-14(2)3)11-7-5-4-6-8-11/h4-8H,1-3H3/b13-12+. The zero-order valence-electron chi connectivity index (χ0n) is 9.19. The van der Waals surface area contributed by atoms with Gasteiger partial charge < -0.3 is 5.01 Å². The van der Waals surface area contributed by atoms with Crippen molar-refractivity contribution in [1.29, 1.82) is 0 Å². The van der Waals surface area contributed by atoms with Crippen molar-refractivity contribution in [3.05, 3.63) is 41.5 Å². The lowest BCUT2D eigenvalue weighted by Gasteiger charge is -2.09. The summed E-state index contributed by atoms with van der Waals surface area (Å²) in [6.45, 7) is 1.71. The Labute approximate surface area is 89.7 Å². The van der Waals surface area contributed by atoms with E-state index in [1.54, 1.807) is 11.9 Å². The molecule has 0 aliphatic heterocycles. The molecular formula is C12H14N2O. The Morgan fingerprint density at radius 3 is 2.33 bits per heavy atom. The van der Waals surface area contributed by atoms with Crippen molar-refractivity contribution in [3.8, 4) is 0 Å². The minimum absolute atomic E-state index is 0.509. The van der Waals surface area contributed by atoms with Crippen LogP contribution in [0.2, 0.25) is 0 Å². The van der Waals surface area contributed by atoms with Gasteiger partial charge in [-0.15, -0.1) is 0 Å². The van der Waals surface area contributed by atoms with Gasteiger partial charge in [-0.05, 0) is 6.92 Å². The smallest absolute Gasteiger partial charge is 0.129 e. The van der Waals surface area contributed by atoms with E-state index in [4.69, 9.17) is 0 Å². The third kappa shape index (κ3) is 3.08. The molecule has 0 amide bonds. The average molecular weight is 202 g/mol. The first kappa shape index (κ1) is 11.2. The van der Waals surface area contributed by atoms with E-state index in [1.165, 1.54) is 0 Å². The summed E-state index contributed by atoms with van der Waals surface area (Å²) in [5, 5.41) is 5.94. The van der Waals surface area contributed by atoms with Crippen LogP contribution in [0.25, 0.3) is 0 Å². The van der Waals surface area contributed by atoms with E-state index in [0.717, 1.165) is 5.56 Å². The van der Waals surface area contributed by atoms with Crippen LogP contribution in [-0.2, 0) is 4.79 Å². The van der Waals surface area contributed by atoms with Crippen molar-refractivity contribution >= 4 is 11.7 Å². The molecule has 0 radical (unpaired) electrons. The molecule has 0 saturated heterocycles. The summed E-state index contributed by atoms with van der Waals surface area (Å²) in [4.78, 5) is 10.6. The quantitative estimate of drug-likeness (QED) is 0.425. The summed E-state index contributed by atoms with van der Waals surface area (Å²) in [5.74, 6) is 1.88. The van der Waals surface area contributed by atoms with Gasteiger partial charge in [0.2, 0.25) is 0 Å². The fraction of sp³-hybridized carbons (Fsp3) is 0.250. The van der Waals surface area contributed by atoms with Gasteiger partial charge >= 0.3 is 0 Å². The van der Waals surface area contributed by atoms with Crippen molar-refractivity contribution in [2.45, 2.75) is 6.92 Å². The highest BCUT2D eigenvalue weighted by Crippen LogP contribution is 2.07. The van der Waals surface area contributed by atoms with Gasteiger partial charge in [-0.1, -0.05) is 30.3 Å². The maximum atomic E-state index is 10.6. The molecule has 3 heteroatoms. The van der Waals surface area contributed by atoms with Crippen LogP contribution in [0.5, 0.6) is 0 Å². The van der Waals surface area contributed by atoms with E-state index >= 15 is 0 Å². The van der Waals surface area contributed by atoms with Gasteiger partial charge in [0.1, 0.15) is 11.7 Å². The Morgan fingerprint density at radius 2 is 1.87 bits per heavy atom. The average Bonchev–Trinajstić information content (AvgIpc) is 2.26. The van der Waals surface area contributed by atoms with E-state index in [1.807, 2.05) is 50.4 Å². The van der Waals surface area contributed by atoms with Crippen molar-refractivity contribution in [2.75, 3.05) is 14.1 Å². The summed E-state index contributed by atoms with van der Waals surface area (Å²) in [7, 11) is 3.64. The largest absolute Gasteiger partial charge is 0.303 e. The number of benzene rings is 1. The number of hydrogen-bond acceptors (Lipinski definition) is 3. The van der Waals surface area contributed by atoms with Gasteiger partial charge in [-0.3, -0.25) is 0 Å². The normalized spacial score (nSPS) is 10.7. The molecule has 0 bridgehead atoms. The molecule has 0 atom stereocenters. The number of carbonyl (C=O) groups excluding carboxylic acids is 1. The highest BCUT2D eigenvalue weighted by molar-refractivity contribution is 6.16. The number of hydrazone groups is 1. The molecule has 0 unspecified atom stereocenters. The summed E-state index contributed by atoms with van der Waals surface area (Å²) in [5.41, 5.74) is 2.09. The monoisotopic (exact) mass is 202 g/mol. The lowest BCUT2D eigenvalue weighted by molar-refractivity contribution is 0.438. The molecular weight excluding hydrogens is 188 g/mol. The Hall–Kier alpha value is -1.86. The maximum Gasteiger partial charge on any atom is 0.129 e. The Morgan fingerprint density at radius 1 is 1.27 bits per heavy atom. The number of rotatable bonds is 3. The van der Waals surface area contributed by atoms with E-state index in [0.29, 0.717) is 11.3 Å². The summed E-state index contributed by atoms with van der Waals surface area (Å²) < 4.78 is 0. The lowest BCUT2D eigenvalue weighted by atomic mass is 10.1. The van der Waals surface area contributed by atoms with Gasteiger partial charge in [-0.2, -0.15) is 5.10 Å². The van der Waals surface area contributed by atoms with Gasteiger partial charge in [-0.25, -0.2) is 4.79 Å². The Balaban J connectivity index is 3.20. The van der Waals surface area contributed by atoms with Crippen LogP contribution in [0.3, 0.4) is 0 Å². The number of allylic oxidation sites excluding steroid dienone is 1. The van der Waals surface area contributed by atoms with Crippen molar-refractivity contribution in [1.82, 2.24) is 5.01 Å². The van der Waals surface area contributed by atoms with Gasteiger partial charge in [0.05, 0.1) is 5.57 Å². The lowest BCUT2D eigenvalue weighted by Crippen LogP contribution is -2.11. The van der Waals surface area contributed by atoms with Crippen LogP contribution in [0.4, 0.5) is 0 Å². The Bertz CT molecular complexity index is 401. The third-order valence-electron chi connectivity index (χ3n) is 1.86. The first-order valence-corrected chi connectivity index (χ1v) is 4.68. The fourth-order valence-electron chi connectivity index (χ4n) is 1.19. The van der Waals surface area contributed by atoms with Crippen molar-refractivity contribution in [2.24, 2.45) is 5.10 Å². The Kier molecular flexibility index (Phi) is 3.83. The van der Waals surface area contributed by atoms with Gasteiger partial charge in [0.25, 0.3) is 0 Å². The molecule has 0 fully saturated rings. The van der Waals surface area contributed by atoms with Crippen LogP contribution in [0.1, 0.15) is 12.5 Å². The first-order valence-electron chi connectivity index (χ1n) is 4.68. The highest BCUT2D eigenvalue weighted by Gasteiger charge is 2.06. The second-order valence-electron chi connectivity index (χ2n) is 3.39. The molecule has 1 rings (SSSR count). The number of nitrogens with zero attached hydrogens (tertiary/aromatic N) is 2. The van der Waals surface area contributed by atoms with Gasteiger partial charge in [0, 0.05) is 19.7 Å². The number of hydrogen-bond donors (Lipinski definition) is 0. The molecule has 0 heterocycles. The maximum absolute atomic E-state index is 10.6. The summed E-state index contributed by atoms with van der Waals surface area (Å²) in [6.07, 6.45) is 0. The SMILES string of the molecule is CC(=C=O)/C(=N\N(C)C)c1ccccc1. The van der Waals surface area contributed by atoms with Crippen LogP contribution < -0.4 is 0 Å². The van der Waals surface area contributed by atoms with E-state index < -0.39 is 0 Å². The summed E-state index contributed by atoms with van der Waals surface area (Å²) >= 11 is 0. The third-order valence-corrected chi connectivity index (χ3v) is 1.86. The molecule has 1 aromatic carbocycles. The molecule has 0 aliphatic carbocycles. The van der Waals surface area contributed by atoms with Crippen molar-refractivity contribution < 1.29 is 4.79 Å². The van der Waals surface area contributed by atoms with Gasteiger partial charge in [0.15, 0.2) is 0 Å². The zero-order valence-corrected chi connectivity index (χ0v) is 9.19. The molecule has 3 nitrogen and oxygen atoms in total. The summed E-state index contributed by atoms with van der Waals surface area (Å²) in [6, 6.07) is 9.60. The molecule has 0 N–H and O–H groups in total. The van der Waals surface area contributed by atoms with E-state index in [9.17, 15) is 4.79 Å². The second kappa shape index (κ2) is 5.13. The minimum Gasteiger partial charge on any atom is -0.303 e. The molecule has 78 valence electrons. The second-order valence-corrected chi connectivity index (χ2v) is 3.39. The molecule has 15 heavy (non-hydrogen) atoms. The zero-order chi connectivity index (χ0) is 11.3. The van der Waals surface area contributed by atoms with E-state index in [-0.39, 0.29) is 0 Å². The van der Waals surface area contributed by atoms with Crippen LogP contribution >= 0.6 is 0 Å². The van der Waals surface area contributed by atoms with Crippen LogP contribution in [0.15, 0.2) is 41.0 Å².